The quantitative estimate of drug-likeness (QED) is 0.514. The minimum absolute atomic E-state index is 0.533. The molecule has 0 rings (SSSR count). The van der Waals surface area contributed by atoms with Gasteiger partial charge in [0.1, 0.15) is 0 Å². The molecule has 0 aromatic rings. The van der Waals surface area contributed by atoms with Crippen molar-refractivity contribution in [2.45, 2.75) is 65.9 Å². The molecule has 1 heteroatoms. The molecule has 0 spiro atoms. The van der Waals surface area contributed by atoms with E-state index in [1.165, 1.54) is 11.1 Å². The van der Waals surface area contributed by atoms with Crippen LogP contribution in [0.3, 0.4) is 0 Å². The summed E-state index contributed by atoms with van der Waals surface area (Å²) in [6, 6.07) is 0. The van der Waals surface area contributed by atoms with Gasteiger partial charge in [-0.25, -0.2) is 0 Å². The first kappa shape index (κ1) is 14.4. The fourth-order valence-corrected chi connectivity index (χ4v) is 1.31. The smallest absolute Gasteiger partial charge is 0.0594 e. The largest absolute Gasteiger partial charge is 0.390 e. The maximum atomic E-state index is 9.57. The molecule has 15 heavy (non-hydrogen) atoms. The molecular weight excluding hydrogens is 184 g/mol. The molecule has 0 aliphatic rings. The first-order chi connectivity index (χ1) is 6.81. The third kappa shape index (κ3) is 11.4. The van der Waals surface area contributed by atoms with Gasteiger partial charge >= 0.3 is 0 Å². The predicted molar refractivity (Wildman–Crippen MR) is 68.0 cm³/mol. The van der Waals surface area contributed by atoms with Crippen LogP contribution in [-0.4, -0.2) is 10.7 Å². The zero-order valence-electron chi connectivity index (χ0n) is 10.9. The molecule has 0 amide bonds. The van der Waals surface area contributed by atoms with Gasteiger partial charge in [-0.05, 0) is 60.3 Å². The third-order valence-electron chi connectivity index (χ3n) is 2.34. The number of rotatable bonds is 6. The summed E-state index contributed by atoms with van der Waals surface area (Å²) in [7, 11) is 0. The Morgan fingerprint density at radius 2 is 1.60 bits per heavy atom. The van der Waals surface area contributed by atoms with Crippen molar-refractivity contribution in [2.24, 2.45) is 0 Å². The second-order valence-corrected chi connectivity index (χ2v) is 5.22. The molecule has 0 saturated carbocycles. The maximum absolute atomic E-state index is 9.57. The summed E-state index contributed by atoms with van der Waals surface area (Å²) in [5.41, 5.74) is 2.24. The Morgan fingerprint density at radius 3 is 2.07 bits per heavy atom. The van der Waals surface area contributed by atoms with Gasteiger partial charge in [0, 0.05) is 0 Å². The van der Waals surface area contributed by atoms with E-state index in [2.05, 4.69) is 32.9 Å². The van der Waals surface area contributed by atoms with Crippen molar-refractivity contribution in [3.63, 3.8) is 0 Å². The van der Waals surface area contributed by atoms with E-state index in [-0.39, 0.29) is 0 Å². The molecule has 0 saturated heterocycles. The van der Waals surface area contributed by atoms with Gasteiger partial charge in [0.05, 0.1) is 5.60 Å². The number of allylic oxidation sites excluding steroid dienone is 4. The first-order valence-corrected chi connectivity index (χ1v) is 5.82. The highest BCUT2D eigenvalue weighted by Crippen LogP contribution is 2.15. The molecule has 1 N–H and O–H groups in total. The molecule has 0 radical (unpaired) electrons. The molecule has 88 valence electrons. The highest BCUT2D eigenvalue weighted by atomic mass is 16.3. The van der Waals surface area contributed by atoms with E-state index in [0.717, 1.165) is 25.7 Å². The minimum atomic E-state index is -0.533. The average molecular weight is 210 g/mol. The van der Waals surface area contributed by atoms with Crippen LogP contribution in [0.1, 0.15) is 60.3 Å². The van der Waals surface area contributed by atoms with E-state index >= 15 is 0 Å². The van der Waals surface area contributed by atoms with Crippen LogP contribution in [0.15, 0.2) is 23.3 Å². The van der Waals surface area contributed by atoms with Gasteiger partial charge in [0.15, 0.2) is 0 Å². The molecule has 0 unspecified atom stereocenters. The van der Waals surface area contributed by atoms with Gasteiger partial charge in [-0.15, -0.1) is 0 Å². The number of unbranched alkanes of at least 4 members (excludes halogenated alkanes) is 1. The molecule has 0 heterocycles. The van der Waals surface area contributed by atoms with Crippen LogP contribution in [-0.2, 0) is 0 Å². The van der Waals surface area contributed by atoms with E-state index < -0.39 is 5.60 Å². The topological polar surface area (TPSA) is 20.2 Å². The van der Waals surface area contributed by atoms with Crippen LogP contribution in [0.25, 0.3) is 0 Å². The van der Waals surface area contributed by atoms with Crippen LogP contribution in [0.4, 0.5) is 0 Å². The van der Waals surface area contributed by atoms with Gasteiger partial charge in [-0.3, -0.25) is 0 Å². The first-order valence-electron chi connectivity index (χ1n) is 5.82. The van der Waals surface area contributed by atoms with Crippen LogP contribution in [0, 0.1) is 0 Å². The van der Waals surface area contributed by atoms with Crippen molar-refractivity contribution in [1.29, 1.82) is 0 Å². The molecule has 1 nitrogen and oxygen atoms in total. The molecule has 0 atom stereocenters. The fourth-order valence-electron chi connectivity index (χ4n) is 1.31. The van der Waals surface area contributed by atoms with Crippen LogP contribution in [0.5, 0.6) is 0 Å². The molecular formula is C14H26O. The number of aliphatic hydroxyl groups is 1. The summed E-state index contributed by atoms with van der Waals surface area (Å²) in [6.07, 6.45) is 8.63. The lowest BCUT2D eigenvalue weighted by atomic mass is 9.99. The van der Waals surface area contributed by atoms with Crippen molar-refractivity contribution in [2.75, 3.05) is 0 Å². The van der Waals surface area contributed by atoms with E-state index in [0.29, 0.717) is 0 Å². The molecule has 0 aromatic heterocycles. The van der Waals surface area contributed by atoms with Crippen molar-refractivity contribution in [1.82, 2.24) is 0 Å². The van der Waals surface area contributed by atoms with Crippen LogP contribution < -0.4 is 0 Å². The van der Waals surface area contributed by atoms with Crippen molar-refractivity contribution < 1.29 is 5.11 Å². The van der Waals surface area contributed by atoms with Gasteiger partial charge in [0.25, 0.3) is 0 Å². The Bertz CT molecular complexity index is 224. The number of hydrogen-bond acceptors (Lipinski definition) is 1. The summed E-state index contributed by atoms with van der Waals surface area (Å²) in [6.45, 7) is 10.1. The number of hydrogen-bond donors (Lipinski definition) is 1. The summed E-state index contributed by atoms with van der Waals surface area (Å²) in [5.74, 6) is 0. The summed E-state index contributed by atoms with van der Waals surface area (Å²) < 4.78 is 0. The lowest BCUT2D eigenvalue weighted by Gasteiger charge is -2.16. The summed E-state index contributed by atoms with van der Waals surface area (Å²) in [5, 5.41) is 9.57. The lowest BCUT2D eigenvalue weighted by Crippen LogP contribution is -2.17. The van der Waals surface area contributed by atoms with Crippen LogP contribution in [0.2, 0.25) is 0 Å². The van der Waals surface area contributed by atoms with Gasteiger partial charge in [-0.2, -0.15) is 0 Å². The standard InChI is InChI=1S/C14H26O/c1-12(2)8-6-7-9-13(3)10-11-14(4,5)15/h8-9,15H,6-7,10-11H2,1-5H3/b13-9+. The van der Waals surface area contributed by atoms with E-state index in [9.17, 15) is 5.11 Å². The third-order valence-corrected chi connectivity index (χ3v) is 2.34. The van der Waals surface area contributed by atoms with Crippen molar-refractivity contribution >= 4 is 0 Å². The van der Waals surface area contributed by atoms with Gasteiger partial charge in [-0.1, -0.05) is 23.3 Å². The molecule has 0 aromatic carbocycles. The molecule has 0 aliphatic heterocycles. The van der Waals surface area contributed by atoms with Crippen molar-refractivity contribution in [3.05, 3.63) is 23.3 Å². The summed E-state index contributed by atoms with van der Waals surface area (Å²) in [4.78, 5) is 0. The van der Waals surface area contributed by atoms with Crippen LogP contribution >= 0.6 is 0 Å². The van der Waals surface area contributed by atoms with E-state index in [1.807, 2.05) is 13.8 Å². The predicted octanol–water partition coefficient (Wildman–Crippen LogP) is 4.23. The van der Waals surface area contributed by atoms with E-state index in [4.69, 9.17) is 0 Å². The lowest BCUT2D eigenvalue weighted by molar-refractivity contribution is 0.0714. The Labute approximate surface area is 94.9 Å². The molecule has 0 fully saturated rings. The molecule has 0 bridgehead atoms. The maximum Gasteiger partial charge on any atom is 0.0594 e. The highest BCUT2D eigenvalue weighted by Gasteiger charge is 2.11. The van der Waals surface area contributed by atoms with Crippen molar-refractivity contribution in [3.8, 4) is 0 Å². The normalized spacial score (nSPS) is 12.8. The minimum Gasteiger partial charge on any atom is -0.390 e. The zero-order chi connectivity index (χ0) is 11.9. The Kier molecular flexibility index (Phi) is 6.58. The Balaban J connectivity index is 3.76. The molecule has 0 aliphatic carbocycles. The Hall–Kier alpha value is -0.560. The second kappa shape index (κ2) is 6.84. The fraction of sp³-hybridized carbons (Fsp3) is 0.714. The SMILES string of the molecule is CC(C)=CCC/C=C(\C)CCC(C)(C)O. The Morgan fingerprint density at radius 1 is 1.07 bits per heavy atom. The highest BCUT2D eigenvalue weighted by molar-refractivity contribution is 5.01. The van der Waals surface area contributed by atoms with Gasteiger partial charge in [0.2, 0.25) is 0 Å². The zero-order valence-corrected chi connectivity index (χ0v) is 10.9. The summed E-state index contributed by atoms with van der Waals surface area (Å²) >= 11 is 0. The van der Waals surface area contributed by atoms with Gasteiger partial charge < -0.3 is 5.11 Å². The van der Waals surface area contributed by atoms with E-state index in [1.54, 1.807) is 0 Å². The average Bonchev–Trinajstić information content (AvgIpc) is 2.07. The second-order valence-electron chi connectivity index (χ2n) is 5.22. The monoisotopic (exact) mass is 210 g/mol.